The Morgan fingerprint density at radius 1 is 1.10 bits per heavy atom. The Labute approximate surface area is 129 Å². The van der Waals surface area contributed by atoms with Crippen LogP contribution in [-0.4, -0.2) is 73.5 Å². The third-order valence-corrected chi connectivity index (χ3v) is 5.91. The minimum Gasteiger partial charge on any atom is -0.389 e. The summed E-state index contributed by atoms with van der Waals surface area (Å²) in [4.78, 5) is 4.84. The molecule has 2 bridgehead atoms. The van der Waals surface area contributed by atoms with E-state index < -0.39 is 0 Å². The highest BCUT2D eigenvalue weighted by atomic mass is 16.5. The van der Waals surface area contributed by atoms with Gasteiger partial charge >= 0.3 is 0 Å². The molecule has 4 nitrogen and oxygen atoms in total. The second-order valence-electron chi connectivity index (χ2n) is 7.36. The van der Waals surface area contributed by atoms with Crippen LogP contribution in [0.15, 0.2) is 0 Å². The molecule has 2 aliphatic carbocycles. The Hall–Kier alpha value is -0.160. The summed E-state index contributed by atoms with van der Waals surface area (Å²) in [7, 11) is 0. The molecule has 4 atom stereocenters. The number of aliphatic hydroxyl groups is 1. The first kappa shape index (κ1) is 15.7. The van der Waals surface area contributed by atoms with E-state index in [0.29, 0.717) is 6.61 Å². The molecule has 0 amide bonds. The number of hydrogen-bond acceptors (Lipinski definition) is 4. The first-order chi connectivity index (χ1) is 10.2. The van der Waals surface area contributed by atoms with E-state index in [1.807, 2.05) is 0 Å². The van der Waals surface area contributed by atoms with E-state index in [2.05, 4.69) is 16.7 Å². The van der Waals surface area contributed by atoms with Crippen molar-refractivity contribution in [3.8, 4) is 0 Å². The zero-order chi connectivity index (χ0) is 14.7. The molecule has 3 aliphatic rings. The predicted molar refractivity (Wildman–Crippen MR) is 84.3 cm³/mol. The van der Waals surface area contributed by atoms with Crippen molar-refractivity contribution in [3.05, 3.63) is 0 Å². The highest BCUT2D eigenvalue weighted by Gasteiger charge is 2.39. The highest BCUT2D eigenvalue weighted by molar-refractivity contribution is 4.89. The van der Waals surface area contributed by atoms with Gasteiger partial charge in [-0.25, -0.2) is 0 Å². The highest BCUT2D eigenvalue weighted by Crippen LogP contribution is 2.48. The quantitative estimate of drug-likeness (QED) is 0.771. The second kappa shape index (κ2) is 7.40. The molecule has 0 spiro atoms. The lowest BCUT2D eigenvalue weighted by atomic mass is 9.90. The lowest BCUT2D eigenvalue weighted by Gasteiger charge is -2.35. The molecule has 1 heterocycles. The van der Waals surface area contributed by atoms with Gasteiger partial charge in [0.15, 0.2) is 0 Å². The molecular weight excluding hydrogens is 264 g/mol. The zero-order valence-electron chi connectivity index (χ0n) is 13.5. The molecule has 122 valence electrons. The standard InChI is InChI=1S/C17H32N2O2/c1-2-18-5-7-19(8-6-18)11-17(20)13-21-12-16-10-14-3-4-15(16)9-14/h14-17,20H,2-13H2,1H3/t14-,15-,16+,17+/m1/s1. The molecule has 1 saturated heterocycles. The summed E-state index contributed by atoms with van der Waals surface area (Å²) >= 11 is 0. The number of fused-ring (bicyclic) bond motifs is 2. The molecular formula is C17H32N2O2. The van der Waals surface area contributed by atoms with Crippen molar-refractivity contribution in [2.45, 2.75) is 38.7 Å². The first-order valence-electron chi connectivity index (χ1n) is 8.95. The Balaban J connectivity index is 1.27. The predicted octanol–water partition coefficient (Wildman–Crippen LogP) is 1.44. The summed E-state index contributed by atoms with van der Waals surface area (Å²) in [6.07, 6.45) is 5.37. The van der Waals surface area contributed by atoms with Gasteiger partial charge < -0.3 is 14.7 Å². The van der Waals surface area contributed by atoms with Crippen LogP contribution in [-0.2, 0) is 4.74 Å². The molecule has 4 heteroatoms. The molecule has 1 aliphatic heterocycles. The van der Waals surface area contributed by atoms with E-state index in [1.165, 1.54) is 25.7 Å². The van der Waals surface area contributed by atoms with Crippen LogP contribution in [0.5, 0.6) is 0 Å². The number of aliphatic hydroxyl groups excluding tert-OH is 1. The van der Waals surface area contributed by atoms with Crippen LogP contribution >= 0.6 is 0 Å². The average Bonchev–Trinajstić information content (AvgIpc) is 3.11. The van der Waals surface area contributed by atoms with Gasteiger partial charge in [0.2, 0.25) is 0 Å². The monoisotopic (exact) mass is 296 g/mol. The number of β-amino-alcohol motifs (C(OH)–C–C–N with tert-alkyl or cyclic N) is 1. The van der Waals surface area contributed by atoms with E-state index in [9.17, 15) is 5.11 Å². The van der Waals surface area contributed by atoms with Crippen LogP contribution in [0.1, 0.15) is 32.6 Å². The lowest BCUT2D eigenvalue weighted by molar-refractivity contribution is -0.00831. The molecule has 1 N–H and O–H groups in total. The van der Waals surface area contributed by atoms with Gasteiger partial charge in [-0.1, -0.05) is 13.3 Å². The molecule has 0 aromatic heterocycles. The van der Waals surface area contributed by atoms with Gasteiger partial charge in [-0.3, -0.25) is 4.90 Å². The minimum atomic E-state index is -0.322. The van der Waals surface area contributed by atoms with Crippen molar-refractivity contribution < 1.29 is 9.84 Å². The average molecular weight is 296 g/mol. The van der Waals surface area contributed by atoms with E-state index >= 15 is 0 Å². The summed E-state index contributed by atoms with van der Waals surface area (Å²) in [5.74, 6) is 2.70. The molecule has 21 heavy (non-hydrogen) atoms. The fourth-order valence-electron chi connectivity index (χ4n) is 4.57. The van der Waals surface area contributed by atoms with Crippen LogP contribution in [0, 0.1) is 17.8 Å². The summed E-state index contributed by atoms with van der Waals surface area (Å²) < 4.78 is 5.83. The lowest BCUT2D eigenvalue weighted by Crippen LogP contribution is -2.48. The number of piperazine rings is 1. The van der Waals surface area contributed by atoms with E-state index in [0.717, 1.165) is 63.6 Å². The van der Waals surface area contributed by atoms with Gasteiger partial charge in [0, 0.05) is 39.3 Å². The fourth-order valence-corrected chi connectivity index (χ4v) is 4.57. The number of rotatable bonds is 7. The van der Waals surface area contributed by atoms with Gasteiger partial charge in [-0.2, -0.15) is 0 Å². The van der Waals surface area contributed by atoms with Crippen molar-refractivity contribution in [2.75, 3.05) is 52.5 Å². The van der Waals surface area contributed by atoms with Crippen molar-refractivity contribution in [1.82, 2.24) is 9.80 Å². The molecule has 0 unspecified atom stereocenters. The van der Waals surface area contributed by atoms with Gasteiger partial charge in [0.25, 0.3) is 0 Å². The summed E-state index contributed by atoms with van der Waals surface area (Å²) in [5.41, 5.74) is 0. The van der Waals surface area contributed by atoms with Crippen LogP contribution in [0.2, 0.25) is 0 Å². The number of likely N-dealkylation sites (N-methyl/N-ethyl adjacent to an activating group) is 1. The molecule has 0 aromatic carbocycles. The first-order valence-corrected chi connectivity index (χ1v) is 8.95. The molecule has 3 rings (SSSR count). The second-order valence-corrected chi connectivity index (χ2v) is 7.36. The van der Waals surface area contributed by atoms with Crippen LogP contribution in [0.4, 0.5) is 0 Å². The van der Waals surface area contributed by atoms with Gasteiger partial charge in [-0.05, 0) is 43.6 Å². The maximum absolute atomic E-state index is 10.2. The Morgan fingerprint density at radius 2 is 1.86 bits per heavy atom. The van der Waals surface area contributed by atoms with Crippen LogP contribution in [0.25, 0.3) is 0 Å². The molecule has 3 fully saturated rings. The normalized spacial score (nSPS) is 35.4. The van der Waals surface area contributed by atoms with E-state index in [1.54, 1.807) is 0 Å². The van der Waals surface area contributed by atoms with Gasteiger partial charge in [0.1, 0.15) is 0 Å². The fraction of sp³-hybridized carbons (Fsp3) is 1.00. The molecule has 0 aromatic rings. The third kappa shape index (κ3) is 4.19. The maximum Gasteiger partial charge on any atom is 0.0900 e. The van der Waals surface area contributed by atoms with E-state index in [4.69, 9.17) is 4.74 Å². The number of nitrogens with zero attached hydrogens (tertiary/aromatic N) is 2. The van der Waals surface area contributed by atoms with Crippen molar-refractivity contribution in [2.24, 2.45) is 17.8 Å². The Kier molecular flexibility index (Phi) is 5.54. The van der Waals surface area contributed by atoms with Crippen molar-refractivity contribution in [3.63, 3.8) is 0 Å². The summed E-state index contributed by atoms with van der Waals surface area (Å²) in [6, 6.07) is 0. The summed E-state index contributed by atoms with van der Waals surface area (Å²) in [5, 5.41) is 10.2. The molecule has 0 radical (unpaired) electrons. The molecule has 2 saturated carbocycles. The zero-order valence-corrected chi connectivity index (χ0v) is 13.5. The van der Waals surface area contributed by atoms with Crippen LogP contribution < -0.4 is 0 Å². The van der Waals surface area contributed by atoms with Gasteiger partial charge in [-0.15, -0.1) is 0 Å². The smallest absolute Gasteiger partial charge is 0.0900 e. The largest absolute Gasteiger partial charge is 0.389 e. The maximum atomic E-state index is 10.2. The van der Waals surface area contributed by atoms with Gasteiger partial charge in [0.05, 0.1) is 12.7 Å². The topological polar surface area (TPSA) is 35.9 Å². The van der Waals surface area contributed by atoms with E-state index in [-0.39, 0.29) is 6.10 Å². The van der Waals surface area contributed by atoms with Crippen LogP contribution in [0.3, 0.4) is 0 Å². The summed E-state index contributed by atoms with van der Waals surface area (Å²) in [6.45, 7) is 9.95. The van der Waals surface area contributed by atoms with Crippen molar-refractivity contribution in [1.29, 1.82) is 0 Å². The number of hydrogen-bond donors (Lipinski definition) is 1. The Morgan fingerprint density at radius 3 is 2.48 bits per heavy atom. The minimum absolute atomic E-state index is 0.322. The number of ether oxygens (including phenoxy) is 1. The van der Waals surface area contributed by atoms with Crippen molar-refractivity contribution >= 4 is 0 Å². The Bertz CT molecular complexity index is 318. The SMILES string of the molecule is CCN1CCN(C[C@H](O)COC[C@@H]2C[C@@H]3CC[C@@H]2C3)CC1. The third-order valence-electron chi connectivity index (χ3n) is 5.91.